The highest BCUT2D eigenvalue weighted by Crippen LogP contribution is 2.25. The summed E-state index contributed by atoms with van der Waals surface area (Å²) in [7, 11) is 0. The molecule has 0 bridgehead atoms. The van der Waals surface area contributed by atoms with Crippen LogP contribution in [0.3, 0.4) is 0 Å². The van der Waals surface area contributed by atoms with Crippen molar-refractivity contribution in [2.24, 2.45) is 5.92 Å². The highest BCUT2D eigenvalue weighted by molar-refractivity contribution is 5.74. The lowest BCUT2D eigenvalue weighted by molar-refractivity contribution is -0.142. The van der Waals surface area contributed by atoms with Crippen LogP contribution in [0, 0.1) is 17.2 Å². The molecule has 3 aromatic heterocycles. The van der Waals surface area contributed by atoms with Crippen LogP contribution in [0.2, 0.25) is 0 Å². The van der Waals surface area contributed by atoms with Gasteiger partial charge in [-0.25, -0.2) is 19.6 Å². The number of nitrogen functional groups attached to an aromatic ring is 1. The Morgan fingerprint density at radius 3 is 2.68 bits per heavy atom. The number of hydrogen-bond donors (Lipinski definition) is 2. The number of rotatable bonds is 6. The monoisotopic (exact) mass is 453 g/mol. The van der Waals surface area contributed by atoms with Gasteiger partial charge in [-0.1, -0.05) is 23.4 Å². The summed E-state index contributed by atoms with van der Waals surface area (Å²) >= 11 is 0. The zero-order valence-corrected chi connectivity index (χ0v) is 17.9. The largest absolute Gasteiger partial charge is 0.481 e. The van der Waals surface area contributed by atoms with Crippen molar-refractivity contribution < 1.29 is 9.90 Å². The minimum atomic E-state index is -0.783. The lowest BCUT2D eigenvalue weighted by Crippen LogP contribution is -2.50. The summed E-state index contributed by atoms with van der Waals surface area (Å²) in [5, 5.41) is 26.6. The molecule has 4 heterocycles. The predicted molar refractivity (Wildman–Crippen MR) is 122 cm³/mol. The van der Waals surface area contributed by atoms with E-state index in [0.29, 0.717) is 42.3 Å². The summed E-state index contributed by atoms with van der Waals surface area (Å²) in [4.78, 5) is 26.2. The molecule has 1 aliphatic rings. The number of anilines is 2. The first-order valence-corrected chi connectivity index (χ1v) is 10.5. The first-order valence-electron chi connectivity index (χ1n) is 10.5. The van der Waals surface area contributed by atoms with Gasteiger partial charge in [0.15, 0.2) is 0 Å². The number of aromatic nitrogens is 6. The fraction of sp³-hybridized carbons (Fsp3) is 0.174. The number of hydrogen-bond acceptors (Lipinski definition) is 9. The van der Waals surface area contributed by atoms with Crippen LogP contribution >= 0.6 is 0 Å². The van der Waals surface area contributed by atoms with Gasteiger partial charge in [0.1, 0.15) is 11.5 Å². The number of aliphatic carboxylic acids is 1. The van der Waals surface area contributed by atoms with E-state index < -0.39 is 5.97 Å². The molecule has 0 radical (unpaired) electrons. The second kappa shape index (κ2) is 8.59. The molecule has 0 spiro atoms. The number of nitrogens with two attached hydrogens (primary N) is 1. The van der Waals surface area contributed by atoms with Gasteiger partial charge in [0.25, 0.3) is 0 Å². The second-order valence-electron chi connectivity index (χ2n) is 7.92. The van der Waals surface area contributed by atoms with Gasteiger partial charge in [-0.2, -0.15) is 5.26 Å². The summed E-state index contributed by atoms with van der Waals surface area (Å²) in [6.45, 7) is 1.29. The molecule has 1 saturated heterocycles. The Morgan fingerprint density at radius 2 is 1.88 bits per heavy atom. The number of benzene rings is 1. The van der Waals surface area contributed by atoms with E-state index in [2.05, 4.69) is 31.3 Å². The van der Waals surface area contributed by atoms with Gasteiger partial charge in [0.05, 0.1) is 47.4 Å². The lowest BCUT2D eigenvalue weighted by atomic mass is 10.0. The molecule has 0 unspecified atom stereocenters. The smallest absolute Gasteiger partial charge is 0.310 e. The van der Waals surface area contributed by atoms with Crippen LogP contribution in [-0.4, -0.2) is 54.1 Å². The van der Waals surface area contributed by atoms with Crippen molar-refractivity contribution in [3.63, 3.8) is 0 Å². The molecule has 1 fully saturated rings. The molecule has 0 atom stereocenters. The summed E-state index contributed by atoms with van der Waals surface area (Å²) in [5.74, 6) is -0.305. The SMILES string of the molecule is N#Cc1cccc(-c2cc(-c3cn(Cc4cccc(N5CC(C(=O)O)C5)n4)nn3)nc(N)n2)c1. The molecule has 11 nitrogen and oxygen atoms in total. The minimum absolute atomic E-state index is 0.0907. The van der Waals surface area contributed by atoms with Crippen molar-refractivity contribution in [2.45, 2.75) is 6.54 Å². The van der Waals surface area contributed by atoms with Crippen molar-refractivity contribution in [1.29, 1.82) is 5.26 Å². The maximum Gasteiger partial charge on any atom is 0.310 e. The third kappa shape index (κ3) is 4.24. The number of pyridine rings is 1. The average Bonchev–Trinajstić information content (AvgIpc) is 3.26. The third-order valence-electron chi connectivity index (χ3n) is 5.50. The van der Waals surface area contributed by atoms with Crippen LogP contribution in [0.4, 0.5) is 11.8 Å². The minimum Gasteiger partial charge on any atom is -0.481 e. The molecule has 0 amide bonds. The molecule has 0 aliphatic carbocycles. The van der Waals surface area contributed by atoms with E-state index in [4.69, 9.17) is 16.1 Å². The molecular weight excluding hydrogens is 434 g/mol. The molecule has 1 aromatic carbocycles. The molecule has 1 aliphatic heterocycles. The molecule has 3 N–H and O–H groups in total. The summed E-state index contributed by atoms with van der Waals surface area (Å²) in [6.07, 6.45) is 1.75. The fourth-order valence-electron chi connectivity index (χ4n) is 3.70. The first kappa shape index (κ1) is 21.0. The number of nitrogens with zero attached hydrogens (tertiary/aromatic N) is 8. The Labute approximate surface area is 194 Å². The Bertz CT molecular complexity index is 1420. The standard InChI is InChI=1S/C23H19N9O2/c24-9-14-3-1-4-15(7-14)18-8-19(28-23(25)27-18)20-13-32(30-29-20)12-17-5-2-6-21(26-17)31-10-16(11-31)22(33)34/h1-8,13,16H,10-12H2,(H,33,34)(H2,25,27,28). The Kier molecular flexibility index (Phi) is 5.31. The normalized spacial score (nSPS) is 13.3. The Hall–Kier alpha value is -4.85. The van der Waals surface area contributed by atoms with E-state index in [0.717, 1.165) is 17.1 Å². The summed E-state index contributed by atoms with van der Waals surface area (Å²) in [5.41, 5.74) is 9.59. The van der Waals surface area contributed by atoms with Crippen LogP contribution in [0.15, 0.2) is 54.7 Å². The second-order valence-corrected chi connectivity index (χ2v) is 7.92. The molecule has 4 aromatic rings. The Balaban J connectivity index is 1.35. The van der Waals surface area contributed by atoms with Crippen molar-refractivity contribution in [2.75, 3.05) is 23.7 Å². The molecule has 34 heavy (non-hydrogen) atoms. The van der Waals surface area contributed by atoms with Crippen molar-refractivity contribution in [3.05, 3.63) is 66.0 Å². The van der Waals surface area contributed by atoms with Gasteiger partial charge in [-0.15, -0.1) is 5.10 Å². The van der Waals surface area contributed by atoms with Crippen molar-refractivity contribution in [3.8, 4) is 28.7 Å². The number of carboxylic acids is 1. The average molecular weight is 453 g/mol. The lowest BCUT2D eigenvalue weighted by Gasteiger charge is -2.37. The maximum absolute atomic E-state index is 11.0. The van der Waals surface area contributed by atoms with E-state index >= 15 is 0 Å². The van der Waals surface area contributed by atoms with Crippen LogP contribution in [-0.2, 0) is 11.3 Å². The molecule has 0 saturated carbocycles. The van der Waals surface area contributed by atoms with Gasteiger partial charge >= 0.3 is 5.97 Å². The third-order valence-corrected chi connectivity index (χ3v) is 5.50. The van der Waals surface area contributed by atoms with Gasteiger partial charge in [-0.3, -0.25) is 4.79 Å². The van der Waals surface area contributed by atoms with Crippen LogP contribution < -0.4 is 10.6 Å². The van der Waals surface area contributed by atoms with E-state index in [1.807, 2.05) is 29.2 Å². The highest BCUT2D eigenvalue weighted by Gasteiger charge is 2.33. The van der Waals surface area contributed by atoms with Crippen LogP contribution in [0.1, 0.15) is 11.3 Å². The van der Waals surface area contributed by atoms with Gasteiger partial charge in [0, 0.05) is 18.7 Å². The highest BCUT2D eigenvalue weighted by atomic mass is 16.4. The number of carboxylic acid groups (broad SMARTS) is 1. The summed E-state index contributed by atoms with van der Waals surface area (Å²) in [6, 6.07) is 16.6. The zero-order valence-electron chi connectivity index (χ0n) is 17.9. The van der Waals surface area contributed by atoms with Crippen molar-refractivity contribution in [1.82, 2.24) is 29.9 Å². The molecule has 5 rings (SSSR count). The zero-order chi connectivity index (χ0) is 23.7. The molecule has 11 heteroatoms. The van der Waals surface area contributed by atoms with E-state index in [1.54, 1.807) is 35.1 Å². The first-order chi connectivity index (χ1) is 16.5. The predicted octanol–water partition coefficient (Wildman–Crippen LogP) is 1.82. The maximum atomic E-state index is 11.0. The number of carbonyl (C=O) groups is 1. The van der Waals surface area contributed by atoms with E-state index in [-0.39, 0.29) is 11.9 Å². The van der Waals surface area contributed by atoms with E-state index in [9.17, 15) is 4.79 Å². The van der Waals surface area contributed by atoms with Gasteiger partial charge < -0.3 is 15.7 Å². The van der Waals surface area contributed by atoms with Crippen LogP contribution in [0.25, 0.3) is 22.6 Å². The quantitative estimate of drug-likeness (QED) is 0.441. The molecular formula is C23H19N9O2. The topological polar surface area (TPSA) is 160 Å². The van der Waals surface area contributed by atoms with Crippen molar-refractivity contribution >= 4 is 17.7 Å². The van der Waals surface area contributed by atoms with Gasteiger partial charge in [-0.05, 0) is 30.3 Å². The Morgan fingerprint density at radius 1 is 1.09 bits per heavy atom. The fourth-order valence-corrected chi connectivity index (χ4v) is 3.70. The summed E-state index contributed by atoms with van der Waals surface area (Å²) < 4.78 is 1.64. The molecule has 168 valence electrons. The number of nitriles is 1. The van der Waals surface area contributed by atoms with Gasteiger partial charge in [0.2, 0.25) is 5.95 Å². The van der Waals surface area contributed by atoms with E-state index in [1.165, 1.54) is 0 Å². The van der Waals surface area contributed by atoms with Crippen LogP contribution in [0.5, 0.6) is 0 Å².